The molecule has 1 aliphatic carbocycles. The van der Waals surface area contributed by atoms with Gasteiger partial charge in [-0.3, -0.25) is 9.59 Å². The number of hydrogen-bond donors (Lipinski definition) is 0. The van der Waals surface area contributed by atoms with Gasteiger partial charge in [0.1, 0.15) is 16.8 Å². The summed E-state index contributed by atoms with van der Waals surface area (Å²) in [5.41, 5.74) is 3.08. The Morgan fingerprint density at radius 3 is 2.71 bits per heavy atom. The van der Waals surface area contributed by atoms with Crippen LogP contribution < -0.4 is 0 Å². The van der Waals surface area contributed by atoms with Crippen LogP contribution in [0.1, 0.15) is 40.5 Å². The van der Waals surface area contributed by atoms with Crippen molar-refractivity contribution in [3.63, 3.8) is 0 Å². The van der Waals surface area contributed by atoms with Gasteiger partial charge in [-0.05, 0) is 42.8 Å². The number of carbonyl (C=O) groups excluding carboxylic acids is 2. The quantitative estimate of drug-likeness (QED) is 0.246. The largest absolute Gasteiger partial charge is 0.333 e. The monoisotopic (exact) mass is 476 g/mol. The molecule has 0 spiro atoms. The molecule has 0 amide bonds. The number of allylic oxidation sites excluding steroid dienone is 4. The molecule has 2 aromatic carbocycles. The standard InChI is InChI=1S/C27H19ClF2N2O2/c1-14-9-20-23(12-21(14)30)32(26(15(2)33)25(20)19-5-3-4-6-24(19)34)13-17-10-16-7-8-18(29)11-22(16)31-27(17)28/h3-5,7-12H,6,13H2,1-2H3. The molecular weight excluding hydrogens is 458 g/mol. The summed E-state index contributed by atoms with van der Waals surface area (Å²) >= 11 is 6.44. The lowest BCUT2D eigenvalue weighted by Crippen LogP contribution is -2.12. The van der Waals surface area contributed by atoms with Crippen LogP contribution in [0.4, 0.5) is 8.78 Å². The number of halogens is 3. The molecule has 4 aromatic rings. The molecule has 1 aliphatic rings. The molecule has 0 atom stereocenters. The maximum Gasteiger partial charge on any atom is 0.176 e. The summed E-state index contributed by atoms with van der Waals surface area (Å²) in [5.74, 6) is -1.22. The SMILES string of the molecule is CC(=O)c1c(C2=CC=CCC2=O)c2cc(C)c(F)cc2n1Cc1cc2ccc(F)cc2nc1Cl. The minimum atomic E-state index is -0.422. The predicted octanol–water partition coefficient (Wildman–Crippen LogP) is 6.59. The van der Waals surface area contributed by atoms with Crippen molar-refractivity contribution in [3.05, 3.63) is 93.8 Å². The van der Waals surface area contributed by atoms with Gasteiger partial charge in [0.2, 0.25) is 0 Å². The number of pyridine rings is 1. The average molecular weight is 477 g/mol. The van der Waals surface area contributed by atoms with E-state index in [-0.39, 0.29) is 29.7 Å². The highest BCUT2D eigenvalue weighted by Gasteiger charge is 2.27. The second-order valence-electron chi connectivity index (χ2n) is 8.40. The van der Waals surface area contributed by atoms with Gasteiger partial charge in [0.15, 0.2) is 11.6 Å². The van der Waals surface area contributed by atoms with E-state index in [1.165, 1.54) is 25.1 Å². The van der Waals surface area contributed by atoms with Crippen LogP contribution in [0.25, 0.3) is 27.4 Å². The molecule has 0 saturated heterocycles. The summed E-state index contributed by atoms with van der Waals surface area (Å²) in [6, 6.07) is 9.04. The molecule has 5 rings (SSSR count). The van der Waals surface area contributed by atoms with Crippen molar-refractivity contribution in [2.75, 3.05) is 0 Å². The van der Waals surface area contributed by atoms with E-state index in [0.29, 0.717) is 49.8 Å². The molecule has 34 heavy (non-hydrogen) atoms. The third kappa shape index (κ3) is 3.64. The molecule has 2 heterocycles. The number of ketones is 2. The molecule has 170 valence electrons. The van der Waals surface area contributed by atoms with Gasteiger partial charge in [0, 0.05) is 46.9 Å². The summed E-state index contributed by atoms with van der Waals surface area (Å²) in [6.45, 7) is 3.18. The van der Waals surface area contributed by atoms with Crippen molar-refractivity contribution in [3.8, 4) is 0 Å². The molecule has 4 nitrogen and oxygen atoms in total. The van der Waals surface area contributed by atoms with Crippen molar-refractivity contribution in [2.45, 2.75) is 26.8 Å². The summed E-state index contributed by atoms with van der Waals surface area (Å²) in [5, 5.41) is 1.45. The third-order valence-corrected chi connectivity index (χ3v) is 6.41. The van der Waals surface area contributed by atoms with E-state index in [0.717, 1.165) is 0 Å². The zero-order valence-electron chi connectivity index (χ0n) is 18.5. The smallest absolute Gasteiger partial charge is 0.176 e. The summed E-state index contributed by atoms with van der Waals surface area (Å²) < 4.78 is 30.0. The molecule has 0 unspecified atom stereocenters. The van der Waals surface area contributed by atoms with Gasteiger partial charge in [-0.2, -0.15) is 0 Å². The van der Waals surface area contributed by atoms with E-state index in [4.69, 9.17) is 11.6 Å². The predicted molar refractivity (Wildman–Crippen MR) is 129 cm³/mol. The number of carbonyl (C=O) groups is 2. The lowest BCUT2D eigenvalue weighted by atomic mass is 9.92. The number of nitrogens with zero attached hydrogens (tertiary/aromatic N) is 2. The van der Waals surface area contributed by atoms with Crippen molar-refractivity contribution < 1.29 is 18.4 Å². The first-order valence-corrected chi connectivity index (χ1v) is 11.1. The van der Waals surface area contributed by atoms with Crippen LogP contribution in [0, 0.1) is 18.6 Å². The molecule has 0 fully saturated rings. The first-order chi connectivity index (χ1) is 16.2. The minimum Gasteiger partial charge on any atom is -0.333 e. The number of hydrogen-bond acceptors (Lipinski definition) is 3. The van der Waals surface area contributed by atoms with Crippen LogP contribution in [0.5, 0.6) is 0 Å². The van der Waals surface area contributed by atoms with Crippen LogP contribution in [-0.2, 0) is 11.3 Å². The Kier molecular flexibility index (Phi) is 5.41. The normalized spacial score (nSPS) is 13.7. The van der Waals surface area contributed by atoms with Gasteiger partial charge >= 0.3 is 0 Å². The molecular formula is C27H19ClF2N2O2. The minimum absolute atomic E-state index is 0.113. The molecule has 2 aromatic heterocycles. The summed E-state index contributed by atoms with van der Waals surface area (Å²) in [7, 11) is 0. The van der Waals surface area contributed by atoms with Crippen molar-refractivity contribution in [1.29, 1.82) is 0 Å². The van der Waals surface area contributed by atoms with Crippen molar-refractivity contribution in [2.24, 2.45) is 0 Å². The van der Waals surface area contributed by atoms with Crippen LogP contribution in [0.2, 0.25) is 5.15 Å². The van der Waals surface area contributed by atoms with Gasteiger partial charge in [0.05, 0.1) is 23.3 Å². The number of aromatic nitrogens is 2. The Morgan fingerprint density at radius 1 is 1.18 bits per heavy atom. The number of fused-ring (bicyclic) bond motifs is 2. The number of rotatable bonds is 4. The highest BCUT2D eigenvalue weighted by molar-refractivity contribution is 6.30. The van der Waals surface area contributed by atoms with E-state index >= 15 is 0 Å². The highest BCUT2D eigenvalue weighted by Crippen LogP contribution is 2.37. The fourth-order valence-electron chi connectivity index (χ4n) is 4.49. The van der Waals surface area contributed by atoms with Gasteiger partial charge < -0.3 is 4.57 Å². The maximum absolute atomic E-state index is 14.7. The topological polar surface area (TPSA) is 52.0 Å². The first kappa shape index (κ1) is 22.2. The third-order valence-electron chi connectivity index (χ3n) is 6.08. The Hall–Kier alpha value is -3.64. The first-order valence-electron chi connectivity index (χ1n) is 10.7. The second kappa shape index (κ2) is 8.29. The fraction of sp³-hybridized carbons (Fsp3) is 0.148. The molecule has 0 N–H and O–H groups in total. The van der Waals surface area contributed by atoms with E-state index in [2.05, 4.69) is 4.98 Å². The zero-order valence-corrected chi connectivity index (χ0v) is 19.2. The van der Waals surface area contributed by atoms with Crippen molar-refractivity contribution in [1.82, 2.24) is 9.55 Å². The Labute approximate surface area is 199 Å². The Bertz CT molecular complexity index is 1600. The van der Waals surface area contributed by atoms with Gasteiger partial charge in [0.25, 0.3) is 0 Å². The molecule has 7 heteroatoms. The lowest BCUT2D eigenvalue weighted by molar-refractivity contribution is -0.113. The van der Waals surface area contributed by atoms with Gasteiger partial charge in [-0.25, -0.2) is 13.8 Å². The summed E-state index contributed by atoms with van der Waals surface area (Å²) in [6.07, 6.45) is 5.46. The Morgan fingerprint density at radius 2 is 1.97 bits per heavy atom. The highest BCUT2D eigenvalue weighted by atomic mass is 35.5. The summed E-state index contributed by atoms with van der Waals surface area (Å²) in [4.78, 5) is 30.0. The second-order valence-corrected chi connectivity index (χ2v) is 8.75. The maximum atomic E-state index is 14.7. The van der Waals surface area contributed by atoms with E-state index in [1.54, 1.807) is 47.9 Å². The van der Waals surface area contributed by atoms with E-state index in [1.807, 2.05) is 0 Å². The lowest BCUT2D eigenvalue weighted by Gasteiger charge is -2.13. The molecule has 0 radical (unpaired) electrons. The van der Waals surface area contributed by atoms with Crippen LogP contribution in [0.15, 0.2) is 54.6 Å². The van der Waals surface area contributed by atoms with Crippen molar-refractivity contribution >= 4 is 50.5 Å². The van der Waals surface area contributed by atoms with Crippen LogP contribution >= 0.6 is 11.6 Å². The van der Waals surface area contributed by atoms with Gasteiger partial charge in [-0.15, -0.1) is 0 Å². The Balaban J connectivity index is 1.80. The number of benzene rings is 2. The van der Waals surface area contributed by atoms with Gasteiger partial charge in [-0.1, -0.05) is 29.8 Å². The van der Waals surface area contributed by atoms with E-state index in [9.17, 15) is 18.4 Å². The molecule has 0 aliphatic heterocycles. The zero-order chi connectivity index (χ0) is 24.1. The fourth-order valence-corrected chi connectivity index (χ4v) is 4.69. The average Bonchev–Trinajstić information content (AvgIpc) is 3.08. The number of aryl methyl sites for hydroxylation is 1. The van der Waals surface area contributed by atoms with Crippen LogP contribution in [-0.4, -0.2) is 21.1 Å². The van der Waals surface area contributed by atoms with Crippen LogP contribution in [0.3, 0.4) is 0 Å². The molecule has 0 bridgehead atoms. The molecule has 0 saturated carbocycles. The number of Topliss-reactive ketones (excluding diaryl/α,β-unsaturated/α-hetero) is 2. The van der Waals surface area contributed by atoms with E-state index < -0.39 is 11.6 Å².